The highest BCUT2D eigenvalue weighted by molar-refractivity contribution is 7.89. The number of fused-ring (bicyclic) bond motifs is 1. The van der Waals surface area contributed by atoms with Crippen LogP contribution in [0.1, 0.15) is 29.0 Å². The number of nitrogens with one attached hydrogen (secondary N) is 3. The maximum absolute atomic E-state index is 13.1. The number of aromatic amines is 2. The van der Waals surface area contributed by atoms with Crippen LogP contribution in [-0.2, 0) is 16.4 Å². The number of aromatic nitrogens is 2. The van der Waals surface area contributed by atoms with Crippen LogP contribution in [0.15, 0.2) is 69.7 Å². The van der Waals surface area contributed by atoms with Gasteiger partial charge in [0.2, 0.25) is 10.0 Å². The first-order chi connectivity index (χ1) is 13.5. The molecule has 6 nitrogen and oxygen atoms in total. The fourth-order valence-electron chi connectivity index (χ4n) is 3.09. The first kappa shape index (κ1) is 18.7. The first-order valence-corrected chi connectivity index (χ1v) is 11.2. The summed E-state index contributed by atoms with van der Waals surface area (Å²) in [6.07, 6.45) is 0.921. The van der Waals surface area contributed by atoms with Gasteiger partial charge >= 0.3 is 5.69 Å². The molecule has 0 bridgehead atoms. The van der Waals surface area contributed by atoms with E-state index in [-0.39, 0.29) is 10.6 Å². The molecule has 0 saturated heterocycles. The van der Waals surface area contributed by atoms with Gasteiger partial charge in [-0.05, 0) is 47.2 Å². The Bertz CT molecular complexity index is 1250. The van der Waals surface area contributed by atoms with E-state index in [1.807, 2.05) is 41.8 Å². The number of benzene rings is 2. The molecule has 0 aliphatic carbocycles. The summed E-state index contributed by atoms with van der Waals surface area (Å²) in [4.78, 5) is 17.7. The summed E-state index contributed by atoms with van der Waals surface area (Å²) in [5.74, 6) is 0. The maximum Gasteiger partial charge on any atom is 0.323 e. The van der Waals surface area contributed by atoms with E-state index in [0.29, 0.717) is 11.0 Å². The highest BCUT2D eigenvalue weighted by Crippen LogP contribution is 2.28. The topological polar surface area (TPSA) is 94.8 Å². The van der Waals surface area contributed by atoms with Gasteiger partial charge in [-0.25, -0.2) is 13.2 Å². The molecule has 0 saturated carbocycles. The second-order valence-corrected chi connectivity index (χ2v) is 9.14. The average Bonchev–Trinajstić information content (AvgIpc) is 3.34. The van der Waals surface area contributed by atoms with E-state index >= 15 is 0 Å². The molecule has 2 aromatic carbocycles. The molecule has 0 aliphatic rings. The Labute approximate surface area is 166 Å². The molecule has 0 unspecified atom stereocenters. The number of thiophene rings is 1. The molecule has 0 fully saturated rings. The summed E-state index contributed by atoms with van der Waals surface area (Å²) < 4.78 is 29.0. The Kier molecular flexibility index (Phi) is 4.92. The maximum atomic E-state index is 13.1. The minimum Gasteiger partial charge on any atom is -0.306 e. The van der Waals surface area contributed by atoms with E-state index in [1.165, 1.54) is 29.0 Å². The van der Waals surface area contributed by atoms with Gasteiger partial charge in [0, 0.05) is 4.88 Å². The van der Waals surface area contributed by atoms with Gasteiger partial charge in [0.1, 0.15) is 0 Å². The van der Waals surface area contributed by atoms with Gasteiger partial charge in [-0.3, -0.25) is 0 Å². The van der Waals surface area contributed by atoms with Crippen molar-refractivity contribution in [3.63, 3.8) is 0 Å². The van der Waals surface area contributed by atoms with Crippen LogP contribution in [0.4, 0.5) is 0 Å². The van der Waals surface area contributed by atoms with E-state index in [9.17, 15) is 13.2 Å². The second-order valence-electron chi connectivity index (χ2n) is 6.45. The summed E-state index contributed by atoms with van der Waals surface area (Å²) in [5.41, 5.74) is 2.71. The monoisotopic (exact) mass is 413 g/mol. The SMILES string of the molecule is CCc1ccc([C@@H](NS(=O)(=O)c2ccc3[nH]c(=O)[nH]c3c2)c2cccs2)cc1. The van der Waals surface area contributed by atoms with Gasteiger partial charge < -0.3 is 9.97 Å². The van der Waals surface area contributed by atoms with E-state index in [2.05, 4.69) is 21.6 Å². The predicted octanol–water partition coefficient (Wildman–Crippen LogP) is 3.55. The van der Waals surface area contributed by atoms with Crippen molar-refractivity contribution in [2.24, 2.45) is 0 Å². The van der Waals surface area contributed by atoms with Crippen LogP contribution in [0.2, 0.25) is 0 Å². The van der Waals surface area contributed by atoms with Crippen LogP contribution >= 0.6 is 11.3 Å². The zero-order valence-corrected chi connectivity index (χ0v) is 16.7. The molecular formula is C20H19N3O3S2. The van der Waals surface area contributed by atoms with Crippen LogP contribution in [0.3, 0.4) is 0 Å². The molecule has 2 aromatic heterocycles. The lowest BCUT2D eigenvalue weighted by Crippen LogP contribution is -2.29. The van der Waals surface area contributed by atoms with Crippen molar-refractivity contribution in [2.75, 3.05) is 0 Å². The van der Waals surface area contributed by atoms with Crippen LogP contribution in [-0.4, -0.2) is 18.4 Å². The van der Waals surface area contributed by atoms with Crippen molar-refractivity contribution in [2.45, 2.75) is 24.3 Å². The van der Waals surface area contributed by atoms with Crippen molar-refractivity contribution >= 4 is 32.4 Å². The summed E-state index contributed by atoms with van der Waals surface area (Å²) in [6.45, 7) is 2.08. The summed E-state index contributed by atoms with van der Waals surface area (Å²) in [5, 5.41) is 1.92. The van der Waals surface area contributed by atoms with Crippen molar-refractivity contribution in [1.29, 1.82) is 0 Å². The third-order valence-corrected chi connectivity index (χ3v) is 6.98. The largest absolute Gasteiger partial charge is 0.323 e. The molecule has 4 rings (SSSR count). The van der Waals surface area contributed by atoms with Gasteiger partial charge in [-0.15, -0.1) is 11.3 Å². The number of rotatable bonds is 6. The summed E-state index contributed by atoms with van der Waals surface area (Å²) in [6, 6.07) is 15.8. The molecule has 28 heavy (non-hydrogen) atoms. The Hall–Kier alpha value is -2.68. The van der Waals surface area contributed by atoms with Gasteiger partial charge in [-0.1, -0.05) is 37.3 Å². The molecule has 2 heterocycles. The lowest BCUT2D eigenvalue weighted by atomic mass is 10.0. The molecule has 3 N–H and O–H groups in total. The van der Waals surface area contributed by atoms with Crippen LogP contribution in [0.5, 0.6) is 0 Å². The predicted molar refractivity (Wildman–Crippen MR) is 111 cm³/mol. The smallest absolute Gasteiger partial charge is 0.306 e. The zero-order valence-electron chi connectivity index (χ0n) is 15.1. The molecule has 8 heteroatoms. The first-order valence-electron chi connectivity index (χ1n) is 8.83. The number of imidazole rings is 1. The highest BCUT2D eigenvalue weighted by atomic mass is 32.2. The lowest BCUT2D eigenvalue weighted by Gasteiger charge is -2.18. The van der Waals surface area contributed by atoms with E-state index in [1.54, 1.807) is 6.07 Å². The Morgan fingerprint density at radius 1 is 1.04 bits per heavy atom. The second kappa shape index (κ2) is 7.38. The van der Waals surface area contributed by atoms with E-state index < -0.39 is 16.1 Å². The molecular weight excluding hydrogens is 394 g/mol. The Morgan fingerprint density at radius 3 is 2.46 bits per heavy atom. The summed E-state index contributed by atoms with van der Waals surface area (Å²) >= 11 is 1.50. The van der Waals surface area contributed by atoms with Crippen LogP contribution in [0.25, 0.3) is 11.0 Å². The van der Waals surface area contributed by atoms with E-state index in [0.717, 1.165) is 16.9 Å². The average molecular weight is 414 g/mol. The number of H-pyrrole nitrogens is 2. The third kappa shape index (κ3) is 3.66. The molecule has 0 amide bonds. The van der Waals surface area contributed by atoms with Gasteiger partial charge in [-0.2, -0.15) is 4.72 Å². The number of hydrogen-bond acceptors (Lipinski definition) is 4. The molecule has 4 aromatic rings. The van der Waals surface area contributed by atoms with Crippen molar-refractivity contribution < 1.29 is 8.42 Å². The van der Waals surface area contributed by atoms with Gasteiger partial charge in [0.25, 0.3) is 0 Å². The number of sulfonamides is 1. The Balaban J connectivity index is 1.72. The molecule has 0 radical (unpaired) electrons. The van der Waals surface area contributed by atoms with Crippen molar-refractivity contribution in [3.05, 3.63) is 86.5 Å². The van der Waals surface area contributed by atoms with Gasteiger partial charge in [0.15, 0.2) is 0 Å². The third-order valence-electron chi connectivity index (χ3n) is 4.62. The minimum atomic E-state index is -3.81. The molecule has 1 atom stereocenters. The zero-order chi connectivity index (χ0) is 19.7. The van der Waals surface area contributed by atoms with Gasteiger partial charge in [0.05, 0.1) is 22.0 Å². The summed E-state index contributed by atoms with van der Waals surface area (Å²) in [7, 11) is -3.81. The number of aryl methyl sites for hydroxylation is 1. The molecule has 0 spiro atoms. The fraction of sp³-hybridized carbons (Fsp3) is 0.150. The standard InChI is InChI=1S/C20H19N3O3S2/c1-2-13-5-7-14(8-6-13)19(18-4-3-11-27-18)23-28(25,26)15-9-10-16-17(12-15)22-20(24)21-16/h3-12,19,23H,2H2,1H3,(H2,21,22,24)/t19-/m1/s1. The highest BCUT2D eigenvalue weighted by Gasteiger charge is 2.24. The lowest BCUT2D eigenvalue weighted by molar-refractivity contribution is 0.573. The quantitative estimate of drug-likeness (QED) is 0.451. The van der Waals surface area contributed by atoms with Crippen LogP contribution in [0, 0.1) is 0 Å². The fourth-order valence-corrected chi connectivity index (χ4v) is 5.20. The molecule has 0 aliphatic heterocycles. The van der Waals surface area contributed by atoms with E-state index in [4.69, 9.17) is 0 Å². The Morgan fingerprint density at radius 2 is 1.79 bits per heavy atom. The minimum absolute atomic E-state index is 0.0991. The number of hydrogen-bond donors (Lipinski definition) is 3. The normalized spacial score (nSPS) is 13.0. The van der Waals surface area contributed by atoms with Crippen molar-refractivity contribution in [1.82, 2.24) is 14.7 Å². The van der Waals surface area contributed by atoms with Crippen molar-refractivity contribution in [3.8, 4) is 0 Å². The molecule has 144 valence electrons. The van der Waals surface area contributed by atoms with Crippen LogP contribution < -0.4 is 10.4 Å².